The number of carbonyl (C=O) groups is 1. The summed E-state index contributed by atoms with van der Waals surface area (Å²) in [4.78, 5) is 17.2. The third-order valence-corrected chi connectivity index (χ3v) is 3.85. The molecule has 0 radical (unpaired) electrons. The van der Waals surface area contributed by atoms with Crippen molar-refractivity contribution in [2.24, 2.45) is 0 Å². The number of nitrogens with zero attached hydrogens (tertiary/aromatic N) is 1. The molecular formula is C16H18N2O3. The first-order valence-corrected chi connectivity index (χ1v) is 6.95. The van der Waals surface area contributed by atoms with Crippen LogP contribution in [0.4, 0.5) is 0 Å². The zero-order valence-electron chi connectivity index (χ0n) is 11.8. The largest absolute Gasteiger partial charge is 0.497 e. The van der Waals surface area contributed by atoms with Crippen LogP contribution in [0.1, 0.15) is 28.5 Å². The molecule has 2 atom stereocenters. The van der Waals surface area contributed by atoms with Gasteiger partial charge in [-0.25, -0.2) is 0 Å². The zero-order valence-corrected chi connectivity index (χ0v) is 11.8. The third-order valence-electron chi connectivity index (χ3n) is 3.85. The monoisotopic (exact) mass is 286 g/mol. The molecule has 0 bridgehead atoms. The van der Waals surface area contributed by atoms with Crippen molar-refractivity contribution in [2.75, 3.05) is 13.7 Å². The van der Waals surface area contributed by atoms with Crippen molar-refractivity contribution in [3.8, 4) is 5.75 Å². The highest BCUT2D eigenvalue weighted by molar-refractivity contribution is 5.93. The fourth-order valence-electron chi connectivity index (χ4n) is 2.82. The van der Waals surface area contributed by atoms with E-state index >= 15 is 0 Å². The first-order chi connectivity index (χ1) is 10.2. The topological polar surface area (TPSA) is 65.6 Å². The predicted octanol–water partition coefficient (Wildman–Crippen LogP) is 1.97. The third kappa shape index (κ3) is 2.64. The highest BCUT2D eigenvalue weighted by Crippen LogP contribution is 2.34. The second-order valence-corrected chi connectivity index (χ2v) is 5.22. The van der Waals surface area contributed by atoms with E-state index in [1.165, 1.54) is 0 Å². The van der Waals surface area contributed by atoms with Crippen LogP contribution in [0.2, 0.25) is 0 Å². The van der Waals surface area contributed by atoms with Gasteiger partial charge in [0.2, 0.25) is 0 Å². The number of aromatic nitrogens is 1. The molecule has 2 heterocycles. The van der Waals surface area contributed by atoms with Gasteiger partial charge in [-0.2, -0.15) is 0 Å². The van der Waals surface area contributed by atoms with E-state index in [0.29, 0.717) is 18.7 Å². The average Bonchev–Trinajstić information content (AvgIpc) is 3.16. The van der Waals surface area contributed by atoms with E-state index in [1.807, 2.05) is 24.3 Å². The number of ether oxygens (including phenoxy) is 1. The Labute approximate surface area is 123 Å². The van der Waals surface area contributed by atoms with Crippen molar-refractivity contribution >= 4 is 5.91 Å². The van der Waals surface area contributed by atoms with E-state index in [0.717, 1.165) is 11.3 Å². The summed E-state index contributed by atoms with van der Waals surface area (Å²) in [6, 6.07) is 11.0. The van der Waals surface area contributed by atoms with Crippen LogP contribution in [-0.4, -0.2) is 40.7 Å². The normalized spacial score (nSPS) is 21.5. The highest BCUT2D eigenvalue weighted by atomic mass is 16.5. The standard InChI is InChI=1S/C16H18N2O3/c1-21-13-5-2-4-11(8-13)15-9-12(19)10-18(15)16(20)14-6-3-7-17-14/h2-8,12,15,17,19H,9-10H2,1H3/t12-,15+/m0/s1. The number of H-pyrrole nitrogens is 1. The predicted molar refractivity (Wildman–Crippen MR) is 78.2 cm³/mol. The smallest absolute Gasteiger partial charge is 0.270 e. The Balaban J connectivity index is 1.90. The molecule has 5 nitrogen and oxygen atoms in total. The summed E-state index contributed by atoms with van der Waals surface area (Å²) in [5, 5.41) is 9.97. The molecule has 1 aromatic heterocycles. The van der Waals surface area contributed by atoms with Gasteiger partial charge in [0.1, 0.15) is 11.4 Å². The Bertz CT molecular complexity index is 624. The van der Waals surface area contributed by atoms with Crippen LogP contribution in [0.15, 0.2) is 42.6 Å². The molecule has 0 saturated carbocycles. The minimum atomic E-state index is -0.500. The van der Waals surface area contributed by atoms with Crippen LogP contribution in [0.25, 0.3) is 0 Å². The Kier molecular flexibility index (Phi) is 3.66. The summed E-state index contributed by atoms with van der Waals surface area (Å²) in [5.74, 6) is 0.658. The number of nitrogens with one attached hydrogen (secondary N) is 1. The van der Waals surface area contributed by atoms with E-state index in [4.69, 9.17) is 4.74 Å². The molecule has 0 spiro atoms. The summed E-state index contributed by atoms with van der Waals surface area (Å²) in [5.41, 5.74) is 1.52. The van der Waals surface area contributed by atoms with Crippen molar-refractivity contribution in [1.82, 2.24) is 9.88 Å². The van der Waals surface area contributed by atoms with Crippen LogP contribution < -0.4 is 4.74 Å². The van der Waals surface area contributed by atoms with Gasteiger partial charge in [-0.1, -0.05) is 12.1 Å². The number of likely N-dealkylation sites (tertiary alicyclic amines) is 1. The molecule has 1 aliphatic heterocycles. The average molecular weight is 286 g/mol. The lowest BCUT2D eigenvalue weighted by Gasteiger charge is -2.24. The number of rotatable bonds is 3. The molecule has 2 aromatic rings. The molecule has 0 unspecified atom stereocenters. The maximum absolute atomic E-state index is 12.5. The minimum absolute atomic E-state index is 0.0932. The van der Waals surface area contributed by atoms with Gasteiger partial charge in [0.15, 0.2) is 0 Å². The van der Waals surface area contributed by atoms with E-state index in [2.05, 4.69) is 4.98 Å². The SMILES string of the molecule is COc1cccc([C@H]2C[C@H](O)CN2C(=O)c2ccc[nH]2)c1. The summed E-state index contributed by atoms with van der Waals surface area (Å²) in [7, 11) is 1.62. The number of β-amino-alcohol motifs (C(OH)–C–C–N with tert-alkyl or cyclic N) is 1. The Morgan fingerprint density at radius 2 is 2.24 bits per heavy atom. The van der Waals surface area contributed by atoms with Gasteiger partial charge in [0.25, 0.3) is 5.91 Å². The molecule has 1 saturated heterocycles. The Hall–Kier alpha value is -2.27. The second-order valence-electron chi connectivity index (χ2n) is 5.22. The summed E-state index contributed by atoms with van der Waals surface area (Å²) < 4.78 is 5.24. The van der Waals surface area contributed by atoms with Gasteiger partial charge in [0.05, 0.1) is 19.3 Å². The first kappa shape index (κ1) is 13.7. The summed E-state index contributed by atoms with van der Waals surface area (Å²) in [6.45, 7) is 0.347. The van der Waals surface area contributed by atoms with Crippen LogP contribution in [0.5, 0.6) is 5.75 Å². The van der Waals surface area contributed by atoms with Crippen molar-refractivity contribution in [2.45, 2.75) is 18.6 Å². The first-order valence-electron chi connectivity index (χ1n) is 6.95. The molecule has 2 N–H and O–H groups in total. The molecule has 110 valence electrons. The van der Waals surface area contributed by atoms with E-state index < -0.39 is 6.10 Å². The van der Waals surface area contributed by atoms with Crippen molar-refractivity contribution < 1.29 is 14.6 Å². The zero-order chi connectivity index (χ0) is 14.8. The van der Waals surface area contributed by atoms with Crippen molar-refractivity contribution in [1.29, 1.82) is 0 Å². The van der Waals surface area contributed by atoms with Gasteiger partial charge < -0.3 is 19.7 Å². The molecule has 21 heavy (non-hydrogen) atoms. The fraction of sp³-hybridized carbons (Fsp3) is 0.312. The van der Waals surface area contributed by atoms with Gasteiger partial charge in [-0.3, -0.25) is 4.79 Å². The van der Waals surface area contributed by atoms with Crippen LogP contribution in [-0.2, 0) is 0 Å². The number of carbonyl (C=O) groups excluding carboxylic acids is 1. The van der Waals surface area contributed by atoms with Gasteiger partial charge in [-0.05, 0) is 36.2 Å². The number of methoxy groups -OCH3 is 1. The van der Waals surface area contributed by atoms with E-state index in [9.17, 15) is 9.90 Å². The number of amides is 1. The van der Waals surface area contributed by atoms with Crippen LogP contribution in [0, 0.1) is 0 Å². The highest BCUT2D eigenvalue weighted by Gasteiger charge is 2.36. The fourth-order valence-corrected chi connectivity index (χ4v) is 2.82. The number of hydrogen-bond donors (Lipinski definition) is 2. The van der Waals surface area contributed by atoms with Gasteiger partial charge in [-0.15, -0.1) is 0 Å². The number of aliphatic hydroxyl groups excluding tert-OH is 1. The van der Waals surface area contributed by atoms with Crippen LogP contribution >= 0.6 is 0 Å². The van der Waals surface area contributed by atoms with Crippen molar-refractivity contribution in [3.63, 3.8) is 0 Å². The Morgan fingerprint density at radius 3 is 2.95 bits per heavy atom. The molecule has 1 amide bonds. The maximum Gasteiger partial charge on any atom is 0.270 e. The van der Waals surface area contributed by atoms with Gasteiger partial charge in [0, 0.05) is 12.7 Å². The summed E-state index contributed by atoms with van der Waals surface area (Å²) >= 11 is 0. The molecule has 1 aromatic carbocycles. The molecular weight excluding hydrogens is 268 g/mol. The maximum atomic E-state index is 12.5. The molecule has 1 aliphatic rings. The summed E-state index contributed by atoms with van der Waals surface area (Å²) in [6.07, 6.45) is 1.76. The molecule has 3 rings (SSSR count). The number of hydrogen-bond acceptors (Lipinski definition) is 3. The molecule has 0 aliphatic carbocycles. The number of aliphatic hydroxyl groups is 1. The lowest BCUT2D eigenvalue weighted by atomic mass is 10.0. The molecule has 1 fully saturated rings. The van der Waals surface area contributed by atoms with E-state index in [1.54, 1.807) is 30.3 Å². The second kappa shape index (κ2) is 5.61. The molecule has 5 heteroatoms. The quantitative estimate of drug-likeness (QED) is 0.906. The number of benzene rings is 1. The van der Waals surface area contributed by atoms with Crippen LogP contribution in [0.3, 0.4) is 0 Å². The lowest BCUT2D eigenvalue weighted by molar-refractivity contribution is 0.0710. The van der Waals surface area contributed by atoms with Gasteiger partial charge >= 0.3 is 0 Å². The van der Waals surface area contributed by atoms with E-state index in [-0.39, 0.29) is 11.9 Å². The number of aromatic amines is 1. The Morgan fingerprint density at radius 1 is 1.38 bits per heavy atom. The lowest BCUT2D eigenvalue weighted by Crippen LogP contribution is -2.32. The minimum Gasteiger partial charge on any atom is -0.497 e. The van der Waals surface area contributed by atoms with Crippen molar-refractivity contribution in [3.05, 3.63) is 53.9 Å².